The van der Waals surface area contributed by atoms with E-state index in [2.05, 4.69) is 0 Å². The van der Waals surface area contributed by atoms with Gasteiger partial charge in [0.1, 0.15) is 0 Å². The summed E-state index contributed by atoms with van der Waals surface area (Å²) in [6.45, 7) is 0. The molecule has 0 unspecified atom stereocenters. The second-order valence-electron chi connectivity index (χ2n) is 4.06. The van der Waals surface area contributed by atoms with Gasteiger partial charge in [-0.3, -0.25) is 0 Å². The maximum atomic E-state index is 6.04. The van der Waals surface area contributed by atoms with E-state index in [1.165, 1.54) is 0 Å². The summed E-state index contributed by atoms with van der Waals surface area (Å²) < 4.78 is 0. The minimum Gasteiger partial charge on any atom is -0.0819 e. The average Bonchev–Trinajstić information content (AvgIpc) is 2.79. The van der Waals surface area contributed by atoms with Crippen LogP contribution in [0.3, 0.4) is 0 Å². The van der Waals surface area contributed by atoms with Crippen LogP contribution >= 0.6 is 92.8 Å². The second-order valence-corrected chi connectivity index (χ2v) is 7.08. The molecule has 2 aliphatic rings. The van der Waals surface area contributed by atoms with Crippen LogP contribution in [-0.2, 0) is 0 Å². The smallest absolute Gasteiger partial charge is 0.0800 e. The van der Waals surface area contributed by atoms with Gasteiger partial charge in [0.15, 0.2) is 0 Å². The minimum atomic E-state index is 0.220. The van der Waals surface area contributed by atoms with Crippen molar-refractivity contribution in [2.45, 2.75) is 0 Å². The van der Waals surface area contributed by atoms with Crippen molar-refractivity contribution < 1.29 is 0 Å². The molecule has 0 bridgehead atoms. The lowest BCUT2D eigenvalue weighted by Gasteiger charge is -1.97. The number of allylic oxidation sites excluding steroid dienone is 14. The Kier molecular flexibility index (Phi) is 6.50. The van der Waals surface area contributed by atoms with Crippen molar-refractivity contribution in [3.05, 3.63) is 75.7 Å². The lowest BCUT2D eigenvalue weighted by atomic mass is 10.2. The molecular weight excluding hydrogens is 452 g/mol. The minimum absolute atomic E-state index is 0.220. The van der Waals surface area contributed by atoms with Gasteiger partial charge < -0.3 is 0 Å². The van der Waals surface area contributed by atoms with Crippen LogP contribution in [0.5, 0.6) is 0 Å². The molecule has 0 aromatic rings. The lowest BCUT2D eigenvalue weighted by molar-refractivity contribution is 1.64. The number of hydrogen-bond donors (Lipinski definition) is 0. The van der Waals surface area contributed by atoms with Crippen LogP contribution in [0.25, 0.3) is 0 Å². The quantitative estimate of drug-likeness (QED) is 0.394. The highest BCUT2D eigenvalue weighted by atomic mass is 35.5. The Morgan fingerprint density at radius 3 is 0.818 bits per heavy atom. The topological polar surface area (TPSA) is 0 Å². The average molecular weight is 456 g/mol. The molecule has 0 amide bonds. The van der Waals surface area contributed by atoms with Crippen LogP contribution in [0.1, 0.15) is 0 Å². The summed E-state index contributed by atoms with van der Waals surface area (Å²) in [5, 5.41) is 2.03. The molecule has 0 spiro atoms. The fraction of sp³-hybridized carbons (Fsp3) is 0. The predicted octanol–water partition coefficient (Wildman–Crippen LogP) is 8.18. The largest absolute Gasteiger partial charge is 0.0819 e. The van der Waals surface area contributed by atoms with E-state index in [4.69, 9.17) is 92.8 Å². The molecular formula is C14H4Cl8. The van der Waals surface area contributed by atoms with Gasteiger partial charge in [-0.25, -0.2) is 0 Å². The Balaban J connectivity index is 2.26. The Bertz CT molecular complexity index is 640. The molecule has 0 fully saturated rings. The van der Waals surface area contributed by atoms with Crippen LogP contribution in [-0.4, -0.2) is 0 Å². The zero-order valence-electron chi connectivity index (χ0n) is 10.3. The zero-order chi connectivity index (χ0) is 16.6. The number of hydrogen-bond acceptors (Lipinski definition) is 0. The molecule has 0 saturated heterocycles. The van der Waals surface area contributed by atoms with E-state index in [0.29, 0.717) is 11.1 Å². The summed E-state index contributed by atoms with van der Waals surface area (Å²) in [4.78, 5) is 0. The third-order valence-electron chi connectivity index (χ3n) is 2.74. The maximum absolute atomic E-state index is 6.04. The van der Waals surface area contributed by atoms with E-state index in [1.807, 2.05) is 0 Å². The highest BCUT2D eigenvalue weighted by Gasteiger charge is 2.25. The van der Waals surface area contributed by atoms with Crippen molar-refractivity contribution in [1.82, 2.24) is 0 Å². The summed E-state index contributed by atoms with van der Waals surface area (Å²) in [5.41, 5.74) is 1.05. The molecule has 0 N–H and O–H groups in total. The molecule has 0 nitrogen and oxygen atoms in total. The fourth-order valence-electron chi connectivity index (χ4n) is 1.65. The van der Waals surface area contributed by atoms with E-state index in [1.54, 1.807) is 24.3 Å². The van der Waals surface area contributed by atoms with Crippen LogP contribution in [0.15, 0.2) is 75.7 Å². The summed E-state index contributed by atoms with van der Waals surface area (Å²) in [6.07, 6.45) is 6.68. The standard InChI is InChI=1S/C14H4Cl8/c15-7-5(8(16)12(20)11(7)19)3-1-2-4-6-9(17)13(21)14(22)10(6)18/h1-4H/b2-1+. The first-order valence-electron chi connectivity index (χ1n) is 5.59. The highest BCUT2D eigenvalue weighted by molar-refractivity contribution is 6.56. The molecule has 0 aromatic carbocycles. The predicted molar refractivity (Wildman–Crippen MR) is 100 cm³/mol. The van der Waals surface area contributed by atoms with Gasteiger partial charge in [0.2, 0.25) is 0 Å². The summed E-state index contributed by atoms with van der Waals surface area (Å²) in [7, 11) is 0. The molecule has 0 saturated carbocycles. The maximum Gasteiger partial charge on any atom is 0.0800 e. The van der Waals surface area contributed by atoms with Crippen molar-refractivity contribution in [3.63, 3.8) is 0 Å². The Morgan fingerprint density at radius 2 is 0.591 bits per heavy atom. The number of rotatable bonds is 2. The van der Waals surface area contributed by atoms with Crippen LogP contribution < -0.4 is 0 Å². The Labute approximate surface area is 167 Å². The van der Waals surface area contributed by atoms with Crippen molar-refractivity contribution in [2.75, 3.05) is 0 Å². The molecule has 0 radical (unpaired) electrons. The van der Waals surface area contributed by atoms with Crippen molar-refractivity contribution in [3.8, 4) is 0 Å². The summed E-state index contributed by atoms with van der Waals surface area (Å²) in [6, 6.07) is 0. The third kappa shape index (κ3) is 3.45. The van der Waals surface area contributed by atoms with Crippen molar-refractivity contribution >= 4 is 92.8 Å². The van der Waals surface area contributed by atoms with Gasteiger partial charge >= 0.3 is 0 Å². The summed E-state index contributed by atoms with van der Waals surface area (Å²) in [5.74, 6) is 0. The molecule has 2 rings (SSSR count). The Morgan fingerprint density at radius 1 is 0.364 bits per heavy atom. The van der Waals surface area contributed by atoms with Crippen LogP contribution in [0, 0.1) is 0 Å². The molecule has 0 heterocycles. The van der Waals surface area contributed by atoms with Gasteiger partial charge in [-0.2, -0.15) is 0 Å². The van der Waals surface area contributed by atoms with E-state index in [9.17, 15) is 0 Å². The zero-order valence-corrected chi connectivity index (χ0v) is 16.4. The van der Waals surface area contributed by atoms with Crippen LogP contribution in [0.2, 0.25) is 0 Å². The molecule has 0 atom stereocenters. The first kappa shape index (κ1) is 18.8. The van der Waals surface area contributed by atoms with Crippen molar-refractivity contribution in [1.29, 1.82) is 0 Å². The molecule has 22 heavy (non-hydrogen) atoms. The molecule has 2 aliphatic carbocycles. The SMILES string of the molecule is ClC1=C(Cl)C(Cl)=C(Cl)C1=C/C=C/C=C1C(Cl)=C(Cl)C(Cl)=C1Cl. The number of halogens is 8. The molecule has 0 aliphatic heterocycles. The van der Waals surface area contributed by atoms with E-state index in [-0.39, 0.29) is 40.3 Å². The van der Waals surface area contributed by atoms with Gasteiger partial charge in [0, 0.05) is 11.1 Å². The van der Waals surface area contributed by atoms with E-state index in [0.717, 1.165) is 0 Å². The van der Waals surface area contributed by atoms with Gasteiger partial charge in [0.25, 0.3) is 0 Å². The first-order chi connectivity index (χ1) is 10.3. The fourth-order valence-corrected chi connectivity index (χ4v) is 3.73. The summed E-state index contributed by atoms with van der Waals surface area (Å²) >= 11 is 47.8. The van der Waals surface area contributed by atoms with Gasteiger partial charge in [0.05, 0.1) is 40.3 Å². The van der Waals surface area contributed by atoms with Gasteiger partial charge in [-0.15, -0.1) is 0 Å². The third-order valence-corrected chi connectivity index (χ3v) is 6.40. The first-order valence-corrected chi connectivity index (χ1v) is 8.61. The highest BCUT2D eigenvalue weighted by Crippen LogP contribution is 2.45. The molecule has 116 valence electrons. The van der Waals surface area contributed by atoms with Crippen LogP contribution in [0.4, 0.5) is 0 Å². The Hall–Kier alpha value is 0.500. The van der Waals surface area contributed by atoms with E-state index < -0.39 is 0 Å². The van der Waals surface area contributed by atoms with Crippen molar-refractivity contribution in [2.24, 2.45) is 0 Å². The molecule has 0 aromatic heterocycles. The second kappa shape index (κ2) is 7.59. The van der Waals surface area contributed by atoms with E-state index >= 15 is 0 Å². The lowest BCUT2D eigenvalue weighted by Crippen LogP contribution is -1.78. The van der Waals surface area contributed by atoms with Gasteiger partial charge in [-0.1, -0.05) is 117 Å². The monoisotopic (exact) mass is 452 g/mol. The normalized spacial score (nSPS) is 19.6. The van der Waals surface area contributed by atoms with Gasteiger partial charge in [-0.05, 0) is 0 Å². The molecule has 8 heteroatoms.